The first-order chi connectivity index (χ1) is 14.0. The summed E-state index contributed by atoms with van der Waals surface area (Å²) < 4.78 is 22.1. The quantitative estimate of drug-likeness (QED) is 0.687. The molecular formula is C23H21NO4S. The molecule has 0 heterocycles. The predicted octanol–water partition coefficient (Wildman–Crippen LogP) is 4.58. The largest absolute Gasteiger partial charge is 0.446 e. The van der Waals surface area contributed by atoms with Crippen LogP contribution in [0, 0.1) is 0 Å². The number of nitrogens with zero attached hydrogens (tertiary/aromatic N) is 1. The summed E-state index contributed by atoms with van der Waals surface area (Å²) in [7, 11) is -2.93. The molecule has 1 aliphatic rings. The summed E-state index contributed by atoms with van der Waals surface area (Å²) in [6.07, 6.45) is 0.563. The number of benzene rings is 3. The van der Waals surface area contributed by atoms with Crippen molar-refractivity contribution in [1.82, 2.24) is 0 Å². The molecule has 0 aliphatic heterocycles. The third-order valence-corrected chi connectivity index (χ3v) is 6.77. The number of carbonyl (C=O) groups is 1. The lowest BCUT2D eigenvalue weighted by Gasteiger charge is -2.13. The van der Waals surface area contributed by atoms with Gasteiger partial charge in [-0.15, -0.1) is 4.36 Å². The fourth-order valence-corrected chi connectivity index (χ4v) is 4.75. The zero-order valence-corrected chi connectivity index (χ0v) is 16.8. The summed E-state index contributed by atoms with van der Waals surface area (Å²) in [5, 5.41) is 9.12. The van der Waals surface area contributed by atoms with Crippen LogP contribution in [0.4, 0.5) is 4.79 Å². The third-order valence-electron chi connectivity index (χ3n) is 5.13. The maximum absolute atomic E-state index is 12.9. The van der Waals surface area contributed by atoms with E-state index in [1.807, 2.05) is 36.4 Å². The van der Waals surface area contributed by atoms with Gasteiger partial charge >= 0.3 is 6.09 Å². The van der Waals surface area contributed by atoms with Crippen LogP contribution in [0.2, 0.25) is 0 Å². The predicted molar refractivity (Wildman–Crippen MR) is 112 cm³/mol. The molecule has 3 aromatic carbocycles. The van der Waals surface area contributed by atoms with E-state index in [0.717, 1.165) is 22.3 Å². The van der Waals surface area contributed by atoms with E-state index >= 15 is 0 Å². The van der Waals surface area contributed by atoms with Gasteiger partial charge in [-0.25, -0.2) is 9.00 Å². The number of aliphatic hydroxyl groups excluding tert-OH is 1. The number of aliphatic hydroxyl groups is 1. The molecule has 29 heavy (non-hydrogen) atoms. The smallest absolute Gasteiger partial charge is 0.442 e. The molecule has 148 valence electrons. The second-order valence-corrected chi connectivity index (χ2v) is 9.26. The van der Waals surface area contributed by atoms with E-state index < -0.39 is 15.8 Å². The molecule has 1 amide bonds. The molecule has 0 aromatic heterocycles. The van der Waals surface area contributed by atoms with Crippen molar-refractivity contribution >= 4 is 15.8 Å². The summed E-state index contributed by atoms with van der Waals surface area (Å²) >= 11 is 0. The minimum Gasteiger partial charge on any atom is -0.446 e. The number of carbonyl (C=O) groups excluding carboxylic acids is 1. The zero-order chi connectivity index (χ0) is 20.4. The number of hydrogen-bond acceptors (Lipinski definition) is 4. The Morgan fingerprint density at radius 3 is 2.07 bits per heavy atom. The van der Waals surface area contributed by atoms with Gasteiger partial charge in [-0.05, 0) is 39.9 Å². The molecule has 0 spiro atoms. The first kappa shape index (κ1) is 19.4. The van der Waals surface area contributed by atoms with Crippen LogP contribution in [-0.2, 0) is 21.1 Å². The Labute approximate surface area is 170 Å². The molecule has 0 fully saturated rings. The van der Waals surface area contributed by atoms with Gasteiger partial charge in [0.1, 0.15) is 6.61 Å². The van der Waals surface area contributed by atoms with Gasteiger partial charge in [-0.1, -0.05) is 60.7 Å². The summed E-state index contributed by atoms with van der Waals surface area (Å²) in [5.74, 6) is -0.0710. The molecule has 4 rings (SSSR count). The van der Waals surface area contributed by atoms with E-state index in [2.05, 4.69) is 16.5 Å². The summed E-state index contributed by atoms with van der Waals surface area (Å²) in [4.78, 5) is 12.7. The second-order valence-electron chi connectivity index (χ2n) is 7.00. The van der Waals surface area contributed by atoms with Gasteiger partial charge in [-0.2, -0.15) is 0 Å². The molecule has 1 N–H and O–H groups in total. The van der Waals surface area contributed by atoms with Gasteiger partial charge in [0.05, 0.1) is 16.3 Å². The second kappa shape index (κ2) is 7.81. The Balaban J connectivity index is 1.54. The fourth-order valence-electron chi connectivity index (χ4n) is 3.66. The average molecular weight is 407 g/mol. The van der Waals surface area contributed by atoms with Crippen LogP contribution in [0.3, 0.4) is 0 Å². The van der Waals surface area contributed by atoms with Gasteiger partial charge in [0.15, 0.2) is 0 Å². The first-order valence-electron chi connectivity index (χ1n) is 9.26. The number of ether oxygens (including phenoxy) is 1. The third kappa shape index (κ3) is 3.81. The molecule has 1 aliphatic carbocycles. The van der Waals surface area contributed by atoms with E-state index in [9.17, 15) is 9.00 Å². The minimum absolute atomic E-state index is 0.0710. The molecule has 0 saturated heterocycles. The zero-order valence-electron chi connectivity index (χ0n) is 15.9. The molecular weight excluding hydrogens is 386 g/mol. The van der Waals surface area contributed by atoms with Gasteiger partial charge in [0.25, 0.3) is 0 Å². The molecule has 5 nitrogen and oxygen atoms in total. The Bertz CT molecular complexity index is 1130. The van der Waals surface area contributed by atoms with Crippen LogP contribution in [0.5, 0.6) is 0 Å². The van der Waals surface area contributed by atoms with E-state index in [0.29, 0.717) is 10.5 Å². The van der Waals surface area contributed by atoms with Crippen LogP contribution in [0.15, 0.2) is 82.1 Å². The van der Waals surface area contributed by atoms with Crippen molar-refractivity contribution in [2.45, 2.75) is 17.4 Å². The highest BCUT2D eigenvalue weighted by Crippen LogP contribution is 2.44. The SMILES string of the molecule is CS(=O)(=NC(=O)OCC1c2ccccc2-c2ccccc21)c1ccc(CO)cc1. The maximum Gasteiger partial charge on any atom is 0.442 e. The average Bonchev–Trinajstić information content (AvgIpc) is 3.06. The highest BCUT2D eigenvalue weighted by Gasteiger charge is 2.29. The molecule has 6 heteroatoms. The number of amides is 1. The normalized spacial score (nSPS) is 14.6. The molecule has 1 atom stereocenters. The number of fused-ring (bicyclic) bond motifs is 3. The molecule has 1 unspecified atom stereocenters. The molecule has 0 bridgehead atoms. The Hall–Kier alpha value is -2.96. The van der Waals surface area contributed by atoms with Crippen molar-refractivity contribution in [3.05, 3.63) is 89.5 Å². The lowest BCUT2D eigenvalue weighted by Crippen LogP contribution is -2.11. The van der Waals surface area contributed by atoms with Crippen LogP contribution >= 0.6 is 0 Å². The lowest BCUT2D eigenvalue weighted by molar-refractivity contribution is 0.154. The van der Waals surface area contributed by atoms with E-state index in [1.54, 1.807) is 24.3 Å². The van der Waals surface area contributed by atoms with Crippen molar-refractivity contribution in [3.63, 3.8) is 0 Å². The van der Waals surface area contributed by atoms with Crippen molar-refractivity contribution in [3.8, 4) is 11.1 Å². The maximum atomic E-state index is 12.9. The Morgan fingerprint density at radius 1 is 0.966 bits per heavy atom. The first-order valence-corrected chi connectivity index (χ1v) is 11.2. The van der Waals surface area contributed by atoms with Crippen molar-refractivity contribution in [1.29, 1.82) is 0 Å². The van der Waals surface area contributed by atoms with Gasteiger partial charge in [-0.3, -0.25) is 0 Å². The van der Waals surface area contributed by atoms with Crippen LogP contribution in [-0.4, -0.2) is 28.3 Å². The minimum atomic E-state index is -2.93. The van der Waals surface area contributed by atoms with Crippen LogP contribution < -0.4 is 0 Å². The molecule has 3 aromatic rings. The number of rotatable bonds is 4. The van der Waals surface area contributed by atoms with Gasteiger partial charge < -0.3 is 9.84 Å². The topological polar surface area (TPSA) is 76.0 Å². The van der Waals surface area contributed by atoms with Crippen molar-refractivity contribution in [2.24, 2.45) is 4.36 Å². The van der Waals surface area contributed by atoms with E-state index in [1.165, 1.54) is 6.26 Å². The Morgan fingerprint density at radius 2 is 1.52 bits per heavy atom. The van der Waals surface area contributed by atoms with Crippen LogP contribution in [0.25, 0.3) is 11.1 Å². The van der Waals surface area contributed by atoms with E-state index in [4.69, 9.17) is 9.84 Å². The number of hydrogen-bond donors (Lipinski definition) is 1. The standard InChI is InChI=1S/C23H21NO4S/c1-29(27,17-12-10-16(14-25)11-13-17)24-23(26)28-15-22-20-8-4-2-6-18(20)19-7-3-5-9-21(19)22/h2-13,22,25H,14-15H2,1H3. The summed E-state index contributed by atoms with van der Waals surface area (Å²) in [6.45, 7) is 0.0318. The highest BCUT2D eigenvalue weighted by atomic mass is 32.2. The fraction of sp³-hybridized carbons (Fsp3) is 0.174. The molecule has 0 saturated carbocycles. The van der Waals surface area contributed by atoms with Crippen LogP contribution in [0.1, 0.15) is 22.6 Å². The summed E-state index contributed by atoms with van der Waals surface area (Å²) in [6, 6.07) is 22.7. The van der Waals surface area contributed by atoms with Gasteiger partial charge in [0, 0.05) is 17.1 Å². The van der Waals surface area contributed by atoms with Gasteiger partial charge in [0.2, 0.25) is 0 Å². The van der Waals surface area contributed by atoms with Crippen molar-refractivity contribution < 1.29 is 18.8 Å². The Kier molecular flexibility index (Phi) is 5.22. The van der Waals surface area contributed by atoms with E-state index in [-0.39, 0.29) is 19.1 Å². The lowest BCUT2D eigenvalue weighted by atomic mass is 9.98. The summed E-state index contributed by atoms with van der Waals surface area (Å²) in [5.41, 5.74) is 5.20. The highest BCUT2D eigenvalue weighted by molar-refractivity contribution is 7.93. The van der Waals surface area contributed by atoms with Crippen molar-refractivity contribution in [2.75, 3.05) is 12.9 Å². The monoisotopic (exact) mass is 407 g/mol. The molecule has 0 radical (unpaired) electrons.